The van der Waals surface area contributed by atoms with E-state index in [0.29, 0.717) is 0 Å². The number of hydrogen-bond acceptors (Lipinski definition) is 0. The molecule has 0 atom stereocenters. The lowest BCUT2D eigenvalue weighted by Crippen LogP contribution is -2.59. The molecule has 3 heteroatoms. The molecule has 18 rings (SSSR count). The Kier molecular flexibility index (Phi) is 7.71. The van der Waals surface area contributed by atoms with Gasteiger partial charge in [-0.05, 0) is 181 Å². The van der Waals surface area contributed by atoms with Gasteiger partial charge in [0.1, 0.15) is 0 Å². The lowest BCUT2D eigenvalue weighted by atomic mass is 9.34. The van der Waals surface area contributed by atoms with E-state index in [1.807, 2.05) is 0 Å². The van der Waals surface area contributed by atoms with Crippen LogP contribution >= 0.6 is 0 Å². The van der Waals surface area contributed by atoms with Crippen LogP contribution in [0.3, 0.4) is 0 Å². The average Bonchev–Trinajstić information content (AvgIpc) is 4.08. The van der Waals surface area contributed by atoms with Gasteiger partial charge in [0.2, 0.25) is 0 Å². The van der Waals surface area contributed by atoms with Crippen molar-refractivity contribution < 1.29 is 0 Å². The molecule has 4 heterocycles. The summed E-state index contributed by atoms with van der Waals surface area (Å²) in [7, 11) is 0. The van der Waals surface area contributed by atoms with Crippen molar-refractivity contribution in [3.8, 4) is 44.8 Å². The monoisotopic (exact) mass is 944 g/mol. The van der Waals surface area contributed by atoms with Gasteiger partial charge >= 0.3 is 0 Å². The maximum atomic E-state index is 2.64. The maximum absolute atomic E-state index is 2.64. The van der Waals surface area contributed by atoms with Gasteiger partial charge < -0.3 is 9.13 Å². The molecule has 0 amide bonds. The molecule has 0 fully saturated rings. The summed E-state index contributed by atoms with van der Waals surface area (Å²) in [5.41, 5.74) is 18.9. The predicted octanol–water partition coefficient (Wildman–Crippen LogP) is 16.9. The van der Waals surface area contributed by atoms with Crippen LogP contribution in [0, 0.1) is 0 Å². The van der Waals surface area contributed by atoms with Crippen LogP contribution in [0.5, 0.6) is 0 Å². The largest absolute Gasteiger partial charge is 0.310 e. The van der Waals surface area contributed by atoms with Gasteiger partial charge in [-0.25, -0.2) is 0 Å². The van der Waals surface area contributed by atoms with E-state index in [1.54, 1.807) is 0 Å². The van der Waals surface area contributed by atoms with Crippen molar-refractivity contribution >= 4 is 131 Å². The molecule has 16 aromatic rings. The lowest BCUT2D eigenvalue weighted by molar-refractivity contribution is 1.14. The van der Waals surface area contributed by atoms with Crippen molar-refractivity contribution in [1.29, 1.82) is 0 Å². The van der Waals surface area contributed by atoms with E-state index >= 15 is 0 Å². The van der Waals surface area contributed by atoms with Gasteiger partial charge in [-0.2, -0.15) is 0 Å². The highest BCUT2D eigenvalue weighted by Gasteiger charge is 2.41. The number of aromatic nitrogens is 2. The summed E-state index contributed by atoms with van der Waals surface area (Å²) in [5.74, 6) is 0. The summed E-state index contributed by atoms with van der Waals surface area (Å²) in [6, 6.07) is 94.5. The van der Waals surface area contributed by atoms with Gasteiger partial charge in [-0.3, -0.25) is 0 Å². The quantitative estimate of drug-likeness (QED) is 0.123. The Bertz CT molecular complexity index is 5260. The highest BCUT2D eigenvalue weighted by Crippen LogP contribution is 2.45. The molecule has 0 unspecified atom stereocenters. The second-order valence-electron chi connectivity index (χ2n) is 21.2. The fourth-order valence-corrected chi connectivity index (χ4v) is 14.0. The molecule has 0 aliphatic carbocycles. The summed E-state index contributed by atoms with van der Waals surface area (Å²) in [6.45, 7) is -0.0494. The summed E-state index contributed by atoms with van der Waals surface area (Å²) >= 11 is 0. The van der Waals surface area contributed by atoms with Crippen LogP contribution in [-0.4, -0.2) is 15.8 Å². The third-order valence-corrected chi connectivity index (χ3v) is 17.3. The standard InChI is InChI=1S/C72H41BN2/c1-4-15-45-32-48(27-24-42(45)12-1)51-30-31-66-60(35-51)62-36-52(49-28-25-43-13-2-5-16-46(43)33-49)38-64-71(62)74(66)67-22-11-23-68-70(67)73(64)65-39-53(50-29-26-44-14-3-6-17-47(44)34-50)37-63-61-40-58-56-20-9-7-18-54(56)55-19-8-10-21-57(55)59(58)41-69(61)75(68)72(63)65/h1-41H. The summed E-state index contributed by atoms with van der Waals surface area (Å²) in [6.07, 6.45) is 0. The highest BCUT2D eigenvalue weighted by atomic mass is 15.0. The number of fused-ring (bicyclic) bond motifs is 19. The predicted molar refractivity (Wildman–Crippen MR) is 321 cm³/mol. The minimum Gasteiger partial charge on any atom is -0.310 e. The molecule has 2 aliphatic rings. The van der Waals surface area contributed by atoms with Crippen LogP contribution in [-0.2, 0) is 0 Å². The Morgan fingerprint density at radius 2 is 0.613 bits per heavy atom. The van der Waals surface area contributed by atoms with Crippen LogP contribution < -0.4 is 16.4 Å². The Labute approximate surface area is 431 Å². The molecule has 0 saturated carbocycles. The van der Waals surface area contributed by atoms with Crippen LogP contribution in [0.4, 0.5) is 0 Å². The Balaban J connectivity index is 0.991. The third-order valence-electron chi connectivity index (χ3n) is 17.3. The van der Waals surface area contributed by atoms with Crippen LogP contribution in [0.25, 0.3) is 153 Å². The van der Waals surface area contributed by atoms with E-state index in [4.69, 9.17) is 0 Å². The molecule has 0 saturated heterocycles. The van der Waals surface area contributed by atoms with Gasteiger partial charge in [0.25, 0.3) is 6.71 Å². The lowest BCUT2D eigenvalue weighted by Gasteiger charge is -2.34. The molecule has 2 aromatic heterocycles. The van der Waals surface area contributed by atoms with E-state index < -0.39 is 0 Å². The maximum Gasteiger partial charge on any atom is 0.252 e. The fraction of sp³-hybridized carbons (Fsp3) is 0. The molecule has 2 nitrogen and oxygen atoms in total. The first-order valence-corrected chi connectivity index (χ1v) is 26.3. The Morgan fingerprint density at radius 3 is 1.13 bits per heavy atom. The highest BCUT2D eigenvalue weighted by molar-refractivity contribution is 7.00. The van der Waals surface area contributed by atoms with Crippen molar-refractivity contribution in [3.63, 3.8) is 0 Å². The first kappa shape index (κ1) is 39.9. The first-order chi connectivity index (χ1) is 37.2. The zero-order valence-corrected chi connectivity index (χ0v) is 40.6. The van der Waals surface area contributed by atoms with Crippen molar-refractivity contribution in [3.05, 3.63) is 249 Å². The number of benzene rings is 14. The first-order valence-electron chi connectivity index (χ1n) is 26.3. The zero-order valence-electron chi connectivity index (χ0n) is 40.6. The van der Waals surface area contributed by atoms with Crippen molar-refractivity contribution in [2.75, 3.05) is 0 Å². The van der Waals surface area contributed by atoms with E-state index in [2.05, 4.69) is 258 Å². The van der Waals surface area contributed by atoms with Gasteiger partial charge in [0.05, 0.1) is 11.0 Å². The zero-order chi connectivity index (χ0) is 48.6. The Morgan fingerprint density at radius 1 is 0.227 bits per heavy atom. The number of nitrogens with zero attached hydrogens (tertiary/aromatic N) is 2. The molecular formula is C72H41BN2. The van der Waals surface area contributed by atoms with E-state index in [1.165, 1.54) is 169 Å². The molecule has 2 aliphatic heterocycles. The smallest absolute Gasteiger partial charge is 0.252 e. The minimum atomic E-state index is -0.0494. The van der Waals surface area contributed by atoms with Crippen molar-refractivity contribution in [2.45, 2.75) is 0 Å². The summed E-state index contributed by atoms with van der Waals surface area (Å²) in [5, 5.41) is 20.3. The molecule has 75 heavy (non-hydrogen) atoms. The minimum absolute atomic E-state index is 0.0494. The van der Waals surface area contributed by atoms with E-state index in [-0.39, 0.29) is 6.71 Å². The SMILES string of the molecule is c1cc2c3c(c1)-n1c4cc5c6ccccc6c6ccccc6c5cc4c4cc(-c5ccc6ccccc6c5)cc(c41)B3c1cc(-c3ccc4ccccc4c3)cc3c4cc(-c5ccc6ccccc6c5)ccc4n-2c13. The second kappa shape index (κ2) is 14.5. The van der Waals surface area contributed by atoms with E-state index in [9.17, 15) is 0 Å². The van der Waals surface area contributed by atoms with Crippen molar-refractivity contribution in [1.82, 2.24) is 9.13 Å². The van der Waals surface area contributed by atoms with Crippen LogP contribution in [0.1, 0.15) is 0 Å². The van der Waals surface area contributed by atoms with Gasteiger partial charge in [-0.1, -0.05) is 182 Å². The average molecular weight is 945 g/mol. The molecule has 342 valence electrons. The molecular weight excluding hydrogens is 904 g/mol. The van der Waals surface area contributed by atoms with Crippen LogP contribution in [0.15, 0.2) is 249 Å². The summed E-state index contributed by atoms with van der Waals surface area (Å²) < 4.78 is 5.25. The molecule has 0 spiro atoms. The van der Waals surface area contributed by atoms with Crippen LogP contribution in [0.2, 0.25) is 0 Å². The number of rotatable bonds is 3. The Hall–Kier alpha value is -9.70. The normalized spacial score (nSPS) is 12.8. The fourth-order valence-electron chi connectivity index (χ4n) is 14.0. The van der Waals surface area contributed by atoms with Crippen molar-refractivity contribution in [2.24, 2.45) is 0 Å². The van der Waals surface area contributed by atoms with Gasteiger partial charge in [0, 0.05) is 44.0 Å². The molecule has 0 radical (unpaired) electrons. The summed E-state index contributed by atoms with van der Waals surface area (Å²) in [4.78, 5) is 0. The van der Waals surface area contributed by atoms with Gasteiger partial charge in [0.15, 0.2) is 0 Å². The molecule has 0 N–H and O–H groups in total. The third kappa shape index (κ3) is 5.38. The van der Waals surface area contributed by atoms with Gasteiger partial charge in [-0.15, -0.1) is 0 Å². The van der Waals surface area contributed by atoms with E-state index in [0.717, 1.165) is 0 Å². The molecule has 0 bridgehead atoms. The number of hydrogen-bond donors (Lipinski definition) is 0. The topological polar surface area (TPSA) is 9.86 Å². The second-order valence-corrected chi connectivity index (χ2v) is 21.2. The molecule has 14 aromatic carbocycles.